The van der Waals surface area contributed by atoms with E-state index in [-0.39, 0.29) is 12.5 Å². The zero-order valence-electron chi connectivity index (χ0n) is 14.0. The van der Waals surface area contributed by atoms with Gasteiger partial charge >= 0.3 is 5.97 Å². The van der Waals surface area contributed by atoms with E-state index in [1.54, 1.807) is 41.3 Å². The molecule has 0 spiro atoms. The van der Waals surface area contributed by atoms with Crippen molar-refractivity contribution in [3.8, 4) is 11.5 Å². The van der Waals surface area contributed by atoms with E-state index >= 15 is 0 Å². The number of ether oxygens (including phenoxy) is 1. The molecule has 0 aromatic heterocycles. The number of nitrogens with one attached hydrogen (secondary N) is 1. The fourth-order valence-electron chi connectivity index (χ4n) is 2.94. The molecule has 136 valence electrons. The lowest BCUT2D eigenvalue weighted by Crippen LogP contribution is -2.40. The number of carbonyl (C=O) groups is 2. The number of para-hydroxylation sites is 1. The smallest absolute Gasteiger partial charge is 0.320 e. The molecule has 1 aliphatic rings. The van der Waals surface area contributed by atoms with Crippen LogP contribution < -0.4 is 10.1 Å². The Labute approximate surface area is 156 Å². The quantitative estimate of drug-likeness (QED) is 0.807. The molecule has 1 heterocycles. The Morgan fingerprint density at radius 2 is 1.92 bits per heavy atom. The van der Waals surface area contributed by atoms with E-state index < -0.39 is 12.0 Å². The molecule has 3 rings (SSSR count). The van der Waals surface area contributed by atoms with Crippen molar-refractivity contribution in [2.45, 2.75) is 18.9 Å². The van der Waals surface area contributed by atoms with Crippen molar-refractivity contribution in [2.75, 3.05) is 18.4 Å². The Bertz CT molecular complexity index is 794. The average Bonchev–Trinajstić information content (AvgIpc) is 3.07. The number of carboxylic acids is 1. The van der Waals surface area contributed by atoms with Gasteiger partial charge in [-0.05, 0) is 55.8 Å². The zero-order chi connectivity index (χ0) is 18.5. The molecule has 2 aromatic carbocycles. The second-order valence-electron chi connectivity index (χ2n) is 6.07. The fraction of sp³-hybridized carbons (Fsp3) is 0.263. The summed E-state index contributed by atoms with van der Waals surface area (Å²) in [5.41, 5.74) is 0.618. The minimum Gasteiger partial charge on any atom is -0.480 e. The number of amides is 1. The van der Waals surface area contributed by atoms with Gasteiger partial charge in [-0.2, -0.15) is 0 Å². The van der Waals surface area contributed by atoms with Crippen LogP contribution in [0.4, 0.5) is 5.69 Å². The molecule has 1 fully saturated rings. The number of halogens is 1. The molecule has 6 nitrogen and oxygen atoms in total. The van der Waals surface area contributed by atoms with Gasteiger partial charge in [0, 0.05) is 5.69 Å². The molecule has 2 N–H and O–H groups in total. The van der Waals surface area contributed by atoms with Gasteiger partial charge in [-0.3, -0.25) is 14.5 Å². The average molecular weight is 375 g/mol. The topological polar surface area (TPSA) is 78.9 Å². The summed E-state index contributed by atoms with van der Waals surface area (Å²) >= 11 is 6.06. The Morgan fingerprint density at radius 1 is 1.19 bits per heavy atom. The highest BCUT2D eigenvalue weighted by Gasteiger charge is 2.31. The van der Waals surface area contributed by atoms with Gasteiger partial charge in [0.1, 0.15) is 17.5 Å². The summed E-state index contributed by atoms with van der Waals surface area (Å²) in [6.07, 6.45) is 1.37. The van der Waals surface area contributed by atoms with Gasteiger partial charge in [0.25, 0.3) is 0 Å². The largest absolute Gasteiger partial charge is 0.480 e. The Balaban J connectivity index is 1.56. The third kappa shape index (κ3) is 4.53. The summed E-state index contributed by atoms with van der Waals surface area (Å²) in [4.78, 5) is 25.0. The molecule has 1 saturated heterocycles. The van der Waals surface area contributed by atoms with Crippen LogP contribution in [-0.2, 0) is 9.59 Å². The number of rotatable bonds is 6. The molecular weight excluding hydrogens is 356 g/mol. The third-order valence-corrected chi connectivity index (χ3v) is 4.51. The molecule has 1 atom stereocenters. The molecule has 1 amide bonds. The van der Waals surface area contributed by atoms with Crippen molar-refractivity contribution in [1.29, 1.82) is 0 Å². The lowest BCUT2D eigenvalue weighted by Gasteiger charge is -2.20. The maximum atomic E-state index is 12.2. The van der Waals surface area contributed by atoms with Crippen LogP contribution in [0.5, 0.6) is 11.5 Å². The minimum atomic E-state index is -0.878. The van der Waals surface area contributed by atoms with Crippen molar-refractivity contribution in [1.82, 2.24) is 4.90 Å². The normalized spacial score (nSPS) is 17.0. The highest BCUT2D eigenvalue weighted by atomic mass is 35.5. The van der Waals surface area contributed by atoms with Crippen molar-refractivity contribution >= 4 is 29.2 Å². The standard InChI is InChI=1S/C19H19ClN2O4/c20-15-4-1-2-6-17(15)26-14-9-7-13(8-10-14)21-18(23)12-22-11-3-5-16(22)19(24)25/h1-2,4,6-10,16H,3,5,11-12H2,(H,21,23)(H,24,25)/t16-/m0/s1. The van der Waals surface area contributed by atoms with E-state index in [0.717, 1.165) is 6.42 Å². The number of carboxylic acid groups (broad SMARTS) is 1. The number of likely N-dealkylation sites (tertiary alicyclic amines) is 1. The maximum Gasteiger partial charge on any atom is 0.320 e. The van der Waals surface area contributed by atoms with Crippen LogP contribution in [-0.4, -0.2) is 41.0 Å². The van der Waals surface area contributed by atoms with E-state index in [4.69, 9.17) is 21.4 Å². The number of nitrogens with zero attached hydrogens (tertiary/aromatic N) is 1. The van der Waals surface area contributed by atoms with E-state index in [0.29, 0.717) is 35.2 Å². The van der Waals surface area contributed by atoms with Gasteiger partial charge in [-0.15, -0.1) is 0 Å². The van der Waals surface area contributed by atoms with Crippen LogP contribution >= 0.6 is 11.6 Å². The van der Waals surface area contributed by atoms with E-state index in [1.165, 1.54) is 0 Å². The Kier molecular flexibility index (Phi) is 5.75. The molecule has 0 aliphatic carbocycles. The summed E-state index contributed by atoms with van der Waals surface area (Å²) in [6.45, 7) is 0.684. The maximum absolute atomic E-state index is 12.2. The lowest BCUT2D eigenvalue weighted by molar-refractivity contribution is -0.142. The monoisotopic (exact) mass is 374 g/mol. The number of hydrogen-bond acceptors (Lipinski definition) is 4. The number of benzene rings is 2. The van der Waals surface area contributed by atoms with Crippen LogP contribution in [0.2, 0.25) is 5.02 Å². The van der Waals surface area contributed by atoms with Crippen molar-refractivity contribution in [3.63, 3.8) is 0 Å². The van der Waals surface area contributed by atoms with Gasteiger partial charge < -0.3 is 15.2 Å². The molecule has 1 aliphatic heterocycles. The molecule has 2 aromatic rings. The van der Waals surface area contributed by atoms with Gasteiger partial charge in [0.15, 0.2) is 0 Å². The first-order chi connectivity index (χ1) is 12.5. The Morgan fingerprint density at radius 3 is 2.62 bits per heavy atom. The lowest BCUT2D eigenvalue weighted by atomic mass is 10.2. The van der Waals surface area contributed by atoms with Gasteiger partial charge in [0.05, 0.1) is 11.6 Å². The highest BCUT2D eigenvalue weighted by molar-refractivity contribution is 6.32. The molecule has 0 bridgehead atoms. The molecule has 0 saturated carbocycles. The van der Waals surface area contributed by atoms with E-state index in [2.05, 4.69) is 5.32 Å². The summed E-state index contributed by atoms with van der Waals surface area (Å²) < 4.78 is 5.70. The predicted octanol–water partition coefficient (Wildman–Crippen LogP) is 3.62. The van der Waals surface area contributed by atoms with E-state index in [9.17, 15) is 9.59 Å². The molecule has 26 heavy (non-hydrogen) atoms. The predicted molar refractivity (Wildman–Crippen MR) is 98.8 cm³/mol. The minimum absolute atomic E-state index is 0.0643. The van der Waals surface area contributed by atoms with Crippen molar-refractivity contribution < 1.29 is 19.4 Å². The second-order valence-corrected chi connectivity index (χ2v) is 6.48. The van der Waals surface area contributed by atoms with Crippen LogP contribution in [0, 0.1) is 0 Å². The molecule has 0 unspecified atom stereocenters. The Hall–Kier alpha value is -2.57. The first kappa shape index (κ1) is 18.2. The van der Waals surface area contributed by atoms with Crippen molar-refractivity contribution in [2.24, 2.45) is 0 Å². The number of anilines is 1. The molecule has 0 radical (unpaired) electrons. The van der Waals surface area contributed by atoms with Crippen LogP contribution in [0.25, 0.3) is 0 Å². The number of aliphatic carboxylic acids is 1. The number of carbonyl (C=O) groups excluding carboxylic acids is 1. The summed E-state index contributed by atoms with van der Waals surface area (Å²) in [5, 5.41) is 12.5. The fourth-order valence-corrected chi connectivity index (χ4v) is 3.12. The van der Waals surface area contributed by atoms with E-state index in [1.807, 2.05) is 12.1 Å². The first-order valence-corrected chi connectivity index (χ1v) is 8.70. The SMILES string of the molecule is O=C(CN1CCC[C@H]1C(=O)O)Nc1ccc(Oc2ccccc2Cl)cc1. The van der Waals surface area contributed by atoms with Gasteiger partial charge in [-0.1, -0.05) is 23.7 Å². The zero-order valence-corrected chi connectivity index (χ0v) is 14.8. The third-order valence-electron chi connectivity index (χ3n) is 4.20. The van der Waals surface area contributed by atoms with Crippen LogP contribution in [0.3, 0.4) is 0 Å². The summed E-state index contributed by atoms with van der Waals surface area (Å²) in [6, 6.07) is 13.5. The number of hydrogen-bond donors (Lipinski definition) is 2. The van der Waals surface area contributed by atoms with Gasteiger partial charge in [0.2, 0.25) is 5.91 Å². The highest BCUT2D eigenvalue weighted by Crippen LogP contribution is 2.29. The first-order valence-electron chi connectivity index (χ1n) is 8.32. The second kappa shape index (κ2) is 8.21. The summed E-state index contributed by atoms with van der Waals surface area (Å²) in [5.74, 6) is 0.0376. The summed E-state index contributed by atoms with van der Waals surface area (Å²) in [7, 11) is 0. The van der Waals surface area contributed by atoms with Crippen molar-refractivity contribution in [3.05, 3.63) is 53.6 Å². The van der Waals surface area contributed by atoms with Gasteiger partial charge in [-0.25, -0.2) is 0 Å². The molecule has 7 heteroatoms. The molecular formula is C19H19ClN2O4. The van der Waals surface area contributed by atoms with Crippen LogP contribution in [0.15, 0.2) is 48.5 Å². The van der Waals surface area contributed by atoms with Crippen LogP contribution in [0.1, 0.15) is 12.8 Å².